The molecule has 1 saturated heterocycles. The zero-order valence-corrected chi connectivity index (χ0v) is 16.9. The first-order valence-corrected chi connectivity index (χ1v) is 10.7. The molecule has 2 atom stereocenters. The molecule has 0 spiro atoms. The Bertz CT molecular complexity index is 658. The van der Waals surface area contributed by atoms with E-state index < -0.39 is 0 Å². The highest BCUT2D eigenvalue weighted by Gasteiger charge is 2.35. The number of benzene rings is 1. The van der Waals surface area contributed by atoms with E-state index in [1.165, 1.54) is 0 Å². The van der Waals surface area contributed by atoms with Gasteiger partial charge in [0.1, 0.15) is 0 Å². The molecule has 3 rings (SSSR count). The van der Waals surface area contributed by atoms with Crippen LogP contribution in [0.25, 0.3) is 0 Å². The van der Waals surface area contributed by atoms with E-state index in [4.69, 9.17) is 4.74 Å². The molecular weight excluding hydrogens is 354 g/mol. The van der Waals surface area contributed by atoms with Crippen LogP contribution >= 0.6 is 0 Å². The number of hydrogen-bond donors (Lipinski definition) is 2. The van der Waals surface area contributed by atoms with Crippen LogP contribution in [0.3, 0.4) is 0 Å². The van der Waals surface area contributed by atoms with Gasteiger partial charge in [-0.3, -0.25) is 14.5 Å². The highest BCUT2D eigenvalue weighted by atomic mass is 16.5. The lowest BCUT2D eigenvalue weighted by Crippen LogP contribution is -2.42. The molecule has 2 aliphatic rings. The number of ether oxygens (including phenoxy) is 1. The molecule has 2 amide bonds. The molecule has 6 nitrogen and oxygen atoms in total. The minimum Gasteiger partial charge on any atom is -0.379 e. The summed E-state index contributed by atoms with van der Waals surface area (Å²) < 4.78 is 5.42. The SMILES string of the molecule is CCCNC(=O)[C@@H]1CCCC[C@@H]1C(=O)Nc1ccccc1CN1CCOCC1. The van der Waals surface area contributed by atoms with Crippen LogP contribution in [0, 0.1) is 11.8 Å². The number of hydrogen-bond acceptors (Lipinski definition) is 4. The van der Waals surface area contributed by atoms with Gasteiger partial charge in [-0.1, -0.05) is 38.0 Å². The summed E-state index contributed by atoms with van der Waals surface area (Å²) in [5, 5.41) is 6.11. The molecule has 1 saturated carbocycles. The van der Waals surface area contributed by atoms with Crippen molar-refractivity contribution in [3.05, 3.63) is 29.8 Å². The quantitative estimate of drug-likeness (QED) is 0.755. The summed E-state index contributed by atoms with van der Waals surface area (Å²) in [6.07, 6.45) is 4.50. The van der Waals surface area contributed by atoms with Crippen molar-refractivity contribution in [2.45, 2.75) is 45.6 Å². The highest BCUT2D eigenvalue weighted by molar-refractivity contribution is 5.96. The second kappa shape index (κ2) is 10.6. The molecule has 0 bridgehead atoms. The number of amides is 2. The molecule has 2 fully saturated rings. The molecule has 0 aromatic heterocycles. The predicted octanol–water partition coefficient (Wildman–Crippen LogP) is 2.79. The van der Waals surface area contributed by atoms with Crippen LogP contribution in [-0.2, 0) is 20.9 Å². The number of rotatable bonds is 7. The van der Waals surface area contributed by atoms with E-state index in [0.717, 1.165) is 76.2 Å². The van der Waals surface area contributed by atoms with E-state index in [1.807, 2.05) is 25.1 Å². The van der Waals surface area contributed by atoms with Crippen LogP contribution in [-0.4, -0.2) is 49.6 Å². The van der Waals surface area contributed by atoms with Gasteiger partial charge in [-0.05, 0) is 30.9 Å². The first-order chi connectivity index (χ1) is 13.7. The van der Waals surface area contributed by atoms with Crippen LogP contribution in [0.4, 0.5) is 5.69 Å². The lowest BCUT2D eigenvalue weighted by atomic mass is 9.78. The maximum Gasteiger partial charge on any atom is 0.228 e. The van der Waals surface area contributed by atoms with Crippen molar-refractivity contribution >= 4 is 17.5 Å². The maximum atomic E-state index is 13.1. The average Bonchev–Trinajstić information content (AvgIpc) is 2.74. The maximum absolute atomic E-state index is 13.1. The van der Waals surface area contributed by atoms with E-state index in [1.54, 1.807) is 0 Å². The summed E-state index contributed by atoms with van der Waals surface area (Å²) in [7, 11) is 0. The van der Waals surface area contributed by atoms with Crippen molar-refractivity contribution in [3.8, 4) is 0 Å². The van der Waals surface area contributed by atoms with Crippen molar-refractivity contribution in [2.24, 2.45) is 11.8 Å². The zero-order valence-electron chi connectivity index (χ0n) is 16.9. The molecular formula is C22H33N3O3. The highest BCUT2D eigenvalue weighted by Crippen LogP contribution is 2.32. The normalized spacial score (nSPS) is 23.2. The molecule has 28 heavy (non-hydrogen) atoms. The molecule has 1 aromatic rings. The van der Waals surface area contributed by atoms with Gasteiger partial charge < -0.3 is 15.4 Å². The first-order valence-electron chi connectivity index (χ1n) is 10.7. The number of para-hydroxylation sites is 1. The summed E-state index contributed by atoms with van der Waals surface area (Å²) in [5.74, 6) is -0.456. The van der Waals surface area contributed by atoms with Crippen LogP contribution in [0.5, 0.6) is 0 Å². The Hall–Kier alpha value is -1.92. The Kier molecular flexibility index (Phi) is 7.86. The van der Waals surface area contributed by atoms with Crippen molar-refractivity contribution < 1.29 is 14.3 Å². The van der Waals surface area contributed by atoms with Crippen LogP contribution in [0.2, 0.25) is 0 Å². The fourth-order valence-electron chi connectivity index (χ4n) is 4.14. The molecule has 1 aromatic carbocycles. The second-order valence-corrected chi connectivity index (χ2v) is 7.82. The Morgan fingerprint density at radius 2 is 1.75 bits per heavy atom. The minimum absolute atomic E-state index is 0.0224. The fraction of sp³-hybridized carbons (Fsp3) is 0.636. The van der Waals surface area contributed by atoms with Gasteiger partial charge in [0.05, 0.1) is 13.2 Å². The summed E-state index contributed by atoms with van der Waals surface area (Å²) in [6.45, 7) is 6.83. The van der Waals surface area contributed by atoms with Gasteiger partial charge >= 0.3 is 0 Å². The lowest BCUT2D eigenvalue weighted by Gasteiger charge is -2.30. The smallest absolute Gasteiger partial charge is 0.228 e. The molecule has 154 valence electrons. The van der Waals surface area contributed by atoms with E-state index in [2.05, 4.69) is 21.6 Å². The van der Waals surface area contributed by atoms with Gasteiger partial charge in [0, 0.05) is 43.7 Å². The topological polar surface area (TPSA) is 70.7 Å². The second-order valence-electron chi connectivity index (χ2n) is 7.82. The summed E-state index contributed by atoms with van der Waals surface area (Å²) in [6, 6.07) is 7.98. The number of nitrogens with one attached hydrogen (secondary N) is 2. The Morgan fingerprint density at radius 3 is 2.46 bits per heavy atom. The molecule has 1 aliphatic carbocycles. The van der Waals surface area contributed by atoms with Crippen LogP contribution < -0.4 is 10.6 Å². The molecule has 6 heteroatoms. The summed E-state index contributed by atoms with van der Waals surface area (Å²) >= 11 is 0. The van der Waals surface area contributed by atoms with Gasteiger partial charge in [0.15, 0.2) is 0 Å². The fourth-order valence-corrected chi connectivity index (χ4v) is 4.14. The van der Waals surface area contributed by atoms with Crippen LogP contribution in [0.15, 0.2) is 24.3 Å². The van der Waals surface area contributed by atoms with Crippen molar-refractivity contribution in [2.75, 3.05) is 38.2 Å². The third kappa shape index (κ3) is 5.55. The van der Waals surface area contributed by atoms with Gasteiger partial charge in [-0.25, -0.2) is 0 Å². The zero-order chi connectivity index (χ0) is 19.8. The minimum atomic E-state index is -0.248. The van der Waals surface area contributed by atoms with E-state index >= 15 is 0 Å². The largest absolute Gasteiger partial charge is 0.379 e. The van der Waals surface area contributed by atoms with Gasteiger partial charge in [-0.2, -0.15) is 0 Å². The van der Waals surface area contributed by atoms with Gasteiger partial charge in [0.25, 0.3) is 0 Å². The van der Waals surface area contributed by atoms with Crippen LogP contribution in [0.1, 0.15) is 44.6 Å². The first kappa shape index (κ1) is 20.8. The van der Waals surface area contributed by atoms with Gasteiger partial charge in [0.2, 0.25) is 11.8 Å². The average molecular weight is 388 g/mol. The Morgan fingerprint density at radius 1 is 1.07 bits per heavy atom. The third-order valence-electron chi connectivity index (χ3n) is 5.76. The number of morpholine rings is 1. The standard InChI is InChI=1S/C22H33N3O3/c1-2-11-23-21(26)18-8-4-5-9-19(18)22(27)24-20-10-6-3-7-17(20)16-25-12-14-28-15-13-25/h3,6-7,10,18-19H,2,4-5,8-9,11-16H2,1H3,(H,23,26)(H,24,27)/t18-,19+/m1/s1. The molecule has 1 heterocycles. The Labute approximate surface area is 168 Å². The molecule has 1 aliphatic heterocycles. The Balaban J connectivity index is 1.66. The van der Waals surface area contributed by atoms with E-state index in [0.29, 0.717) is 6.54 Å². The van der Waals surface area contributed by atoms with Crippen molar-refractivity contribution in [1.82, 2.24) is 10.2 Å². The summed E-state index contributed by atoms with van der Waals surface area (Å²) in [4.78, 5) is 28.0. The number of carbonyl (C=O) groups is 2. The van der Waals surface area contributed by atoms with Crippen molar-refractivity contribution in [1.29, 1.82) is 0 Å². The monoisotopic (exact) mass is 387 g/mol. The summed E-state index contributed by atoms with van der Waals surface area (Å²) in [5.41, 5.74) is 1.97. The lowest BCUT2D eigenvalue weighted by molar-refractivity contribution is -0.134. The molecule has 0 unspecified atom stereocenters. The predicted molar refractivity (Wildman–Crippen MR) is 110 cm³/mol. The number of nitrogens with zero attached hydrogens (tertiary/aromatic N) is 1. The molecule has 0 radical (unpaired) electrons. The number of carbonyl (C=O) groups excluding carboxylic acids is 2. The molecule has 2 N–H and O–H groups in total. The number of anilines is 1. The van der Waals surface area contributed by atoms with Gasteiger partial charge in [-0.15, -0.1) is 0 Å². The third-order valence-corrected chi connectivity index (χ3v) is 5.76. The van der Waals surface area contributed by atoms with Crippen molar-refractivity contribution in [3.63, 3.8) is 0 Å². The van der Waals surface area contributed by atoms with E-state index in [9.17, 15) is 9.59 Å². The van der Waals surface area contributed by atoms with E-state index in [-0.39, 0.29) is 23.7 Å².